The van der Waals surface area contributed by atoms with Crippen molar-refractivity contribution in [1.82, 2.24) is 0 Å². The Kier molecular flexibility index (Phi) is 4.95. The van der Waals surface area contributed by atoms with Crippen molar-refractivity contribution in [2.75, 3.05) is 13.2 Å². The van der Waals surface area contributed by atoms with Gasteiger partial charge >= 0.3 is 5.97 Å². The number of benzene rings is 1. The Balaban J connectivity index is 2.98. The second-order valence-electron chi connectivity index (χ2n) is 5.68. The molecule has 0 aromatic heterocycles. The van der Waals surface area contributed by atoms with Gasteiger partial charge in [0.05, 0.1) is 13.0 Å². The van der Waals surface area contributed by atoms with Crippen LogP contribution in [0.4, 0.5) is 0 Å². The van der Waals surface area contributed by atoms with Crippen molar-refractivity contribution >= 4 is 5.97 Å². The summed E-state index contributed by atoms with van der Waals surface area (Å²) in [6, 6.07) is 3.62. The van der Waals surface area contributed by atoms with E-state index in [1.165, 1.54) is 0 Å². The molecule has 0 atom stereocenters. The lowest BCUT2D eigenvalue weighted by atomic mass is 9.84. The number of carbonyl (C=O) groups excluding carboxylic acids is 1. The Labute approximate surface area is 114 Å². The number of esters is 1. The van der Waals surface area contributed by atoms with Crippen LogP contribution in [-0.4, -0.2) is 29.4 Å². The van der Waals surface area contributed by atoms with E-state index in [2.05, 4.69) is 0 Å². The molecule has 0 saturated carbocycles. The molecule has 1 rings (SSSR count). The van der Waals surface area contributed by atoms with E-state index in [1.54, 1.807) is 6.07 Å². The molecule has 0 spiro atoms. The molecule has 0 saturated heterocycles. The number of aliphatic hydroxyl groups is 1. The number of phenolic OH excluding ortho intramolecular Hbond substituents is 1. The lowest BCUT2D eigenvalue weighted by Gasteiger charge is -2.22. The predicted molar refractivity (Wildman–Crippen MR) is 73.3 cm³/mol. The van der Waals surface area contributed by atoms with Crippen LogP contribution in [0.1, 0.15) is 37.5 Å². The van der Waals surface area contributed by atoms with Gasteiger partial charge in [0.1, 0.15) is 12.4 Å². The third-order valence-electron chi connectivity index (χ3n) is 2.87. The molecule has 0 aliphatic carbocycles. The molecule has 0 bridgehead atoms. The summed E-state index contributed by atoms with van der Waals surface area (Å²) in [6.45, 7) is 7.68. The Hall–Kier alpha value is -1.55. The van der Waals surface area contributed by atoms with Gasteiger partial charge in [0.25, 0.3) is 0 Å². The first kappa shape index (κ1) is 15.5. The van der Waals surface area contributed by atoms with Gasteiger partial charge in [-0.25, -0.2) is 0 Å². The summed E-state index contributed by atoms with van der Waals surface area (Å²) in [5, 5.41) is 18.7. The monoisotopic (exact) mass is 266 g/mol. The Morgan fingerprint density at radius 2 is 1.95 bits per heavy atom. The second-order valence-corrected chi connectivity index (χ2v) is 5.68. The lowest BCUT2D eigenvalue weighted by Crippen LogP contribution is -2.15. The van der Waals surface area contributed by atoms with E-state index >= 15 is 0 Å². The highest BCUT2D eigenvalue weighted by Crippen LogP contribution is 2.34. The summed E-state index contributed by atoms with van der Waals surface area (Å²) >= 11 is 0. The van der Waals surface area contributed by atoms with Crippen LogP contribution in [0.5, 0.6) is 5.75 Å². The first-order valence-corrected chi connectivity index (χ1v) is 6.35. The van der Waals surface area contributed by atoms with E-state index in [1.807, 2.05) is 33.8 Å². The van der Waals surface area contributed by atoms with Crippen molar-refractivity contribution < 1.29 is 19.7 Å². The number of hydrogen-bond donors (Lipinski definition) is 2. The number of aliphatic hydroxyl groups excluding tert-OH is 1. The van der Waals surface area contributed by atoms with Crippen molar-refractivity contribution in [3.05, 3.63) is 28.8 Å². The van der Waals surface area contributed by atoms with Crippen molar-refractivity contribution in [1.29, 1.82) is 0 Å². The fraction of sp³-hybridized carbons (Fsp3) is 0.533. The van der Waals surface area contributed by atoms with Gasteiger partial charge in [0.2, 0.25) is 0 Å². The van der Waals surface area contributed by atoms with Gasteiger partial charge in [-0.05, 0) is 29.0 Å². The summed E-state index contributed by atoms with van der Waals surface area (Å²) < 4.78 is 4.84. The zero-order chi connectivity index (χ0) is 14.6. The number of phenols is 1. The quantitative estimate of drug-likeness (QED) is 0.819. The maximum absolute atomic E-state index is 11.5. The molecule has 0 radical (unpaired) electrons. The van der Waals surface area contributed by atoms with Crippen molar-refractivity contribution in [2.45, 2.75) is 39.5 Å². The summed E-state index contributed by atoms with van der Waals surface area (Å²) in [7, 11) is 0. The van der Waals surface area contributed by atoms with Gasteiger partial charge in [-0.1, -0.05) is 32.9 Å². The standard InChI is InChI=1S/C15H22O4/c1-10-7-11(9-13(17)19-6-5-16)8-12(14(10)18)15(2,3)4/h7-8,16,18H,5-6,9H2,1-4H3. The van der Waals surface area contributed by atoms with Crippen LogP contribution in [0.3, 0.4) is 0 Å². The third-order valence-corrected chi connectivity index (χ3v) is 2.87. The molecule has 4 heteroatoms. The van der Waals surface area contributed by atoms with E-state index in [9.17, 15) is 9.90 Å². The normalized spacial score (nSPS) is 11.4. The van der Waals surface area contributed by atoms with Crippen LogP contribution in [0.15, 0.2) is 12.1 Å². The van der Waals surface area contributed by atoms with Gasteiger partial charge in [-0.15, -0.1) is 0 Å². The molecular weight excluding hydrogens is 244 g/mol. The van der Waals surface area contributed by atoms with Crippen LogP contribution in [0, 0.1) is 6.92 Å². The molecule has 106 valence electrons. The maximum atomic E-state index is 11.5. The maximum Gasteiger partial charge on any atom is 0.310 e. The zero-order valence-corrected chi connectivity index (χ0v) is 12.0. The largest absolute Gasteiger partial charge is 0.507 e. The zero-order valence-electron chi connectivity index (χ0n) is 12.0. The van der Waals surface area contributed by atoms with E-state index in [-0.39, 0.29) is 36.8 Å². The van der Waals surface area contributed by atoms with Crippen molar-refractivity contribution in [3.63, 3.8) is 0 Å². The van der Waals surface area contributed by atoms with Crippen molar-refractivity contribution in [2.24, 2.45) is 0 Å². The summed E-state index contributed by atoms with van der Waals surface area (Å²) in [6.07, 6.45) is 0.143. The van der Waals surface area contributed by atoms with Crippen LogP contribution in [-0.2, 0) is 21.4 Å². The highest BCUT2D eigenvalue weighted by atomic mass is 16.5. The van der Waals surface area contributed by atoms with E-state index in [0.29, 0.717) is 0 Å². The average Bonchev–Trinajstić information content (AvgIpc) is 2.29. The molecular formula is C15H22O4. The SMILES string of the molecule is Cc1cc(CC(=O)OCCO)cc(C(C)(C)C)c1O. The first-order valence-electron chi connectivity index (χ1n) is 6.35. The van der Waals surface area contributed by atoms with Crippen LogP contribution in [0.25, 0.3) is 0 Å². The molecule has 0 aliphatic heterocycles. The van der Waals surface area contributed by atoms with Gasteiger partial charge < -0.3 is 14.9 Å². The molecule has 1 aromatic carbocycles. The van der Waals surface area contributed by atoms with Crippen molar-refractivity contribution in [3.8, 4) is 5.75 Å². The third kappa shape index (κ3) is 4.24. The van der Waals surface area contributed by atoms with Crippen LogP contribution in [0.2, 0.25) is 0 Å². The fourth-order valence-electron chi connectivity index (χ4n) is 1.91. The molecule has 0 fully saturated rings. The Bertz CT molecular complexity index is 458. The highest BCUT2D eigenvalue weighted by Gasteiger charge is 2.20. The van der Waals surface area contributed by atoms with E-state index in [4.69, 9.17) is 9.84 Å². The molecule has 0 amide bonds. The van der Waals surface area contributed by atoms with Gasteiger partial charge in [-0.3, -0.25) is 4.79 Å². The smallest absolute Gasteiger partial charge is 0.310 e. The highest BCUT2D eigenvalue weighted by molar-refractivity contribution is 5.73. The van der Waals surface area contributed by atoms with Crippen LogP contribution >= 0.6 is 0 Å². The Morgan fingerprint density at radius 3 is 2.47 bits per heavy atom. The molecule has 0 aliphatic rings. The molecule has 1 aromatic rings. The summed E-state index contributed by atoms with van der Waals surface area (Å²) in [4.78, 5) is 11.5. The number of aromatic hydroxyl groups is 1. The number of aryl methyl sites for hydroxylation is 1. The van der Waals surface area contributed by atoms with E-state index in [0.717, 1.165) is 16.7 Å². The Morgan fingerprint density at radius 1 is 1.32 bits per heavy atom. The van der Waals surface area contributed by atoms with Gasteiger partial charge in [0, 0.05) is 0 Å². The van der Waals surface area contributed by atoms with Gasteiger partial charge in [-0.2, -0.15) is 0 Å². The first-order chi connectivity index (χ1) is 8.75. The topological polar surface area (TPSA) is 66.8 Å². The number of ether oxygens (including phenoxy) is 1. The molecule has 4 nitrogen and oxygen atoms in total. The fourth-order valence-corrected chi connectivity index (χ4v) is 1.91. The van der Waals surface area contributed by atoms with Crippen LogP contribution < -0.4 is 0 Å². The van der Waals surface area contributed by atoms with E-state index < -0.39 is 0 Å². The second kappa shape index (κ2) is 6.06. The minimum absolute atomic E-state index is 0.0159. The molecule has 0 heterocycles. The molecule has 2 N–H and O–H groups in total. The summed E-state index contributed by atoms with van der Waals surface area (Å²) in [5.41, 5.74) is 2.18. The van der Waals surface area contributed by atoms with Gasteiger partial charge in [0.15, 0.2) is 0 Å². The number of carbonyl (C=O) groups is 1. The number of rotatable bonds is 4. The number of hydrogen-bond acceptors (Lipinski definition) is 4. The predicted octanol–water partition coefficient (Wildman–Crippen LogP) is 2.08. The minimum Gasteiger partial charge on any atom is -0.507 e. The summed E-state index contributed by atoms with van der Waals surface area (Å²) in [5.74, 6) is -0.0982. The lowest BCUT2D eigenvalue weighted by molar-refractivity contribution is -0.143. The minimum atomic E-state index is -0.376. The molecule has 19 heavy (non-hydrogen) atoms. The average molecular weight is 266 g/mol. The molecule has 0 unspecified atom stereocenters.